The van der Waals surface area contributed by atoms with Crippen LogP contribution in [0.15, 0.2) is 28.7 Å². The third-order valence-electron chi connectivity index (χ3n) is 3.89. The van der Waals surface area contributed by atoms with Crippen molar-refractivity contribution in [2.24, 2.45) is 0 Å². The number of fused-ring (bicyclic) bond motifs is 1. The van der Waals surface area contributed by atoms with Crippen molar-refractivity contribution in [1.82, 2.24) is 14.9 Å². The van der Waals surface area contributed by atoms with E-state index in [4.69, 9.17) is 4.98 Å². The molecule has 3 nitrogen and oxygen atoms in total. The van der Waals surface area contributed by atoms with Crippen molar-refractivity contribution >= 4 is 15.9 Å². The van der Waals surface area contributed by atoms with Crippen molar-refractivity contribution in [1.29, 1.82) is 0 Å². The second-order valence-corrected chi connectivity index (χ2v) is 6.21. The molecule has 0 spiro atoms. The van der Waals surface area contributed by atoms with Crippen LogP contribution in [0.1, 0.15) is 24.4 Å². The number of aromatic nitrogens is 2. The first kappa shape index (κ1) is 13.8. The molecule has 0 saturated heterocycles. The maximum Gasteiger partial charge on any atom is 0.110 e. The lowest BCUT2D eigenvalue weighted by Gasteiger charge is -2.17. The van der Waals surface area contributed by atoms with Gasteiger partial charge in [0.05, 0.1) is 5.69 Å². The average Bonchev–Trinajstić information content (AvgIpc) is 2.84. The van der Waals surface area contributed by atoms with Crippen molar-refractivity contribution in [2.75, 3.05) is 13.6 Å². The van der Waals surface area contributed by atoms with Gasteiger partial charge in [-0.15, -0.1) is 0 Å². The van der Waals surface area contributed by atoms with E-state index in [0.717, 1.165) is 30.4 Å². The van der Waals surface area contributed by atoms with E-state index >= 15 is 0 Å². The number of hydrogen-bond acceptors (Lipinski definition) is 2. The van der Waals surface area contributed by atoms with Gasteiger partial charge in [0.15, 0.2) is 0 Å². The minimum Gasteiger partial charge on any atom is -0.331 e. The molecule has 0 aliphatic carbocycles. The summed E-state index contributed by atoms with van der Waals surface area (Å²) in [7, 11) is 2.00. The number of likely N-dealkylation sites (N-methyl/N-ethyl adjacent to an activating group) is 1. The summed E-state index contributed by atoms with van der Waals surface area (Å²) < 4.78 is 3.56. The van der Waals surface area contributed by atoms with Crippen molar-refractivity contribution in [3.63, 3.8) is 0 Å². The molecule has 4 heteroatoms. The Kier molecular flexibility index (Phi) is 4.22. The quantitative estimate of drug-likeness (QED) is 0.929. The van der Waals surface area contributed by atoms with Crippen molar-refractivity contribution in [3.8, 4) is 11.3 Å². The number of nitrogens with zero attached hydrogens (tertiary/aromatic N) is 2. The fraction of sp³-hybridized carbons (Fsp3) is 0.438. The highest BCUT2D eigenvalue weighted by atomic mass is 79.9. The van der Waals surface area contributed by atoms with Crippen LogP contribution >= 0.6 is 15.9 Å². The Balaban J connectivity index is 2.04. The number of halogens is 1. The predicted molar refractivity (Wildman–Crippen MR) is 85.9 cm³/mol. The molecule has 0 bridgehead atoms. The molecule has 1 aromatic carbocycles. The first-order valence-electron chi connectivity index (χ1n) is 7.28. The molecule has 3 rings (SSSR count). The van der Waals surface area contributed by atoms with Gasteiger partial charge in [0, 0.05) is 35.2 Å². The Hall–Kier alpha value is -1.13. The SMILES string of the molecule is CNCCc1nc(-c2cccc(Br)c2)c2n1CCCC2. The Morgan fingerprint density at radius 1 is 1.35 bits per heavy atom. The molecule has 2 heterocycles. The summed E-state index contributed by atoms with van der Waals surface area (Å²) in [5.74, 6) is 1.23. The van der Waals surface area contributed by atoms with E-state index in [1.165, 1.54) is 35.6 Å². The summed E-state index contributed by atoms with van der Waals surface area (Å²) in [6, 6.07) is 8.47. The predicted octanol–water partition coefficient (Wildman–Crippen LogP) is 3.41. The normalized spacial score (nSPS) is 14.3. The van der Waals surface area contributed by atoms with E-state index in [-0.39, 0.29) is 0 Å². The minimum absolute atomic E-state index is 0.981. The second-order valence-electron chi connectivity index (χ2n) is 5.30. The Morgan fingerprint density at radius 3 is 3.05 bits per heavy atom. The highest BCUT2D eigenvalue weighted by molar-refractivity contribution is 9.10. The van der Waals surface area contributed by atoms with E-state index < -0.39 is 0 Å². The molecule has 106 valence electrons. The monoisotopic (exact) mass is 333 g/mol. The van der Waals surface area contributed by atoms with Crippen LogP contribution in [0.4, 0.5) is 0 Å². The van der Waals surface area contributed by atoms with Crippen LogP contribution in [0.5, 0.6) is 0 Å². The minimum atomic E-state index is 0.981. The van der Waals surface area contributed by atoms with Crippen molar-refractivity contribution in [2.45, 2.75) is 32.2 Å². The third kappa shape index (κ3) is 2.67. The lowest BCUT2D eigenvalue weighted by molar-refractivity contribution is 0.512. The van der Waals surface area contributed by atoms with Crippen LogP contribution in [-0.2, 0) is 19.4 Å². The van der Waals surface area contributed by atoms with Gasteiger partial charge in [-0.3, -0.25) is 0 Å². The molecule has 1 N–H and O–H groups in total. The number of rotatable bonds is 4. The highest BCUT2D eigenvalue weighted by Gasteiger charge is 2.20. The highest BCUT2D eigenvalue weighted by Crippen LogP contribution is 2.30. The van der Waals surface area contributed by atoms with Gasteiger partial charge in [0.2, 0.25) is 0 Å². The topological polar surface area (TPSA) is 29.9 Å². The molecule has 0 saturated carbocycles. The number of nitrogens with one attached hydrogen (secondary N) is 1. The van der Waals surface area contributed by atoms with Crippen LogP contribution in [-0.4, -0.2) is 23.1 Å². The smallest absolute Gasteiger partial charge is 0.110 e. The van der Waals surface area contributed by atoms with E-state index in [1.807, 2.05) is 7.05 Å². The molecule has 0 fully saturated rings. The van der Waals surface area contributed by atoms with Gasteiger partial charge in [-0.25, -0.2) is 4.98 Å². The molecule has 0 radical (unpaired) electrons. The molecule has 20 heavy (non-hydrogen) atoms. The van der Waals surface area contributed by atoms with E-state index in [1.54, 1.807) is 0 Å². The fourth-order valence-electron chi connectivity index (χ4n) is 2.91. The summed E-state index contributed by atoms with van der Waals surface area (Å²) in [6.07, 6.45) is 4.69. The lowest BCUT2D eigenvalue weighted by atomic mass is 10.0. The molecule has 0 unspecified atom stereocenters. The second kappa shape index (κ2) is 6.10. The molecule has 0 amide bonds. The number of imidazole rings is 1. The summed E-state index contributed by atoms with van der Waals surface area (Å²) in [4.78, 5) is 4.94. The molecular weight excluding hydrogens is 314 g/mol. The van der Waals surface area contributed by atoms with Gasteiger partial charge in [0.1, 0.15) is 5.82 Å². The first-order chi connectivity index (χ1) is 9.79. The van der Waals surface area contributed by atoms with Crippen LogP contribution in [0.3, 0.4) is 0 Å². The van der Waals surface area contributed by atoms with Crippen molar-refractivity contribution < 1.29 is 0 Å². The van der Waals surface area contributed by atoms with Gasteiger partial charge in [-0.05, 0) is 38.4 Å². The summed E-state index contributed by atoms with van der Waals surface area (Å²) >= 11 is 3.56. The molecule has 2 aromatic rings. The zero-order valence-corrected chi connectivity index (χ0v) is 13.4. The van der Waals surface area contributed by atoms with Gasteiger partial charge < -0.3 is 9.88 Å². The number of hydrogen-bond donors (Lipinski definition) is 1. The first-order valence-corrected chi connectivity index (χ1v) is 8.07. The largest absolute Gasteiger partial charge is 0.331 e. The average molecular weight is 334 g/mol. The third-order valence-corrected chi connectivity index (χ3v) is 4.39. The zero-order valence-electron chi connectivity index (χ0n) is 11.8. The zero-order chi connectivity index (χ0) is 13.9. The standard InChI is InChI=1S/C16H20BrN3/c1-18-9-8-15-19-16(12-5-4-6-13(17)11-12)14-7-2-3-10-20(14)15/h4-6,11,18H,2-3,7-10H2,1H3. The summed E-state index contributed by atoms with van der Waals surface area (Å²) in [5, 5.41) is 3.22. The van der Waals surface area contributed by atoms with Gasteiger partial charge in [0.25, 0.3) is 0 Å². The van der Waals surface area contributed by atoms with E-state index in [2.05, 4.69) is 50.1 Å². The van der Waals surface area contributed by atoms with Gasteiger partial charge >= 0.3 is 0 Å². The van der Waals surface area contributed by atoms with Gasteiger partial charge in [-0.1, -0.05) is 28.1 Å². The molecule has 0 atom stereocenters. The molecular formula is C16H20BrN3. The molecule has 1 aliphatic heterocycles. The van der Waals surface area contributed by atoms with Crippen LogP contribution in [0, 0.1) is 0 Å². The maximum absolute atomic E-state index is 4.94. The summed E-state index contributed by atoms with van der Waals surface area (Å²) in [6.45, 7) is 2.10. The van der Waals surface area contributed by atoms with Crippen LogP contribution in [0.25, 0.3) is 11.3 Å². The van der Waals surface area contributed by atoms with Crippen molar-refractivity contribution in [3.05, 3.63) is 40.3 Å². The maximum atomic E-state index is 4.94. The van der Waals surface area contributed by atoms with Crippen LogP contribution < -0.4 is 5.32 Å². The molecule has 1 aromatic heterocycles. The number of benzene rings is 1. The lowest BCUT2D eigenvalue weighted by Crippen LogP contribution is -2.17. The summed E-state index contributed by atoms with van der Waals surface area (Å²) in [5.41, 5.74) is 3.82. The Labute approximate surface area is 128 Å². The van der Waals surface area contributed by atoms with Gasteiger partial charge in [-0.2, -0.15) is 0 Å². The Bertz CT molecular complexity index is 604. The van der Waals surface area contributed by atoms with E-state index in [0.29, 0.717) is 0 Å². The molecule has 1 aliphatic rings. The van der Waals surface area contributed by atoms with E-state index in [9.17, 15) is 0 Å². The van der Waals surface area contributed by atoms with Crippen LogP contribution in [0.2, 0.25) is 0 Å². The Morgan fingerprint density at radius 2 is 2.25 bits per heavy atom. The fourth-order valence-corrected chi connectivity index (χ4v) is 3.31.